The molecule has 0 spiro atoms. The number of rotatable bonds is 6. The smallest absolute Gasteiger partial charge is 0.354 e. The van der Waals surface area contributed by atoms with Gasteiger partial charge in [-0.2, -0.15) is 0 Å². The minimum absolute atomic E-state index is 0.0347. The van der Waals surface area contributed by atoms with Gasteiger partial charge in [0.05, 0.1) is 6.04 Å². The molecule has 0 bridgehead atoms. The minimum atomic E-state index is -1.07. The molecule has 2 aromatic heterocycles. The average Bonchev–Trinajstić information content (AvgIpc) is 3.25. The van der Waals surface area contributed by atoms with Gasteiger partial charge < -0.3 is 20.9 Å². The third-order valence-corrected chi connectivity index (χ3v) is 5.13. The van der Waals surface area contributed by atoms with Crippen LogP contribution in [0, 0.1) is 5.82 Å². The maximum atomic E-state index is 13.7. The van der Waals surface area contributed by atoms with Crippen LogP contribution in [0.15, 0.2) is 59.7 Å². The second kappa shape index (κ2) is 12.1. The molecular formula is C23H20Cl2FN5O4. The molecule has 9 nitrogen and oxygen atoms in total. The van der Waals surface area contributed by atoms with Gasteiger partial charge in [-0.3, -0.25) is 4.79 Å². The third-order valence-electron chi connectivity index (χ3n) is 4.68. The number of pyridine rings is 2. The van der Waals surface area contributed by atoms with E-state index in [4.69, 9.17) is 38.8 Å². The summed E-state index contributed by atoms with van der Waals surface area (Å²) < 4.78 is 18.8. The number of nitrogens with zero attached hydrogens (tertiary/aromatic N) is 3. The van der Waals surface area contributed by atoms with Crippen LogP contribution >= 0.6 is 23.2 Å². The average molecular weight is 520 g/mol. The van der Waals surface area contributed by atoms with Crippen LogP contribution in [0.5, 0.6) is 0 Å². The molecule has 12 heteroatoms. The highest BCUT2D eigenvalue weighted by atomic mass is 35.5. The van der Waals surface area contributed by atoms with Gasteiger partial charge in [0, 0.05) is 16.9 Å². The van der Waals surface area contributed by atoms with Gasteiger partial charge in [-0.15, -0.1) is 0 Å². The molecule has 1 aliphatic heterocycles. The molecule has 1 aromatic carbocycles. The van der Waals surface area contributed by atoms with E-state index in [9.17, 15) is 14.0 Å². The molecule has 0 unspecified atom stereocenters. The first-order valence-corrected chi connectivity index (χ1v) is 11.0. The van der Waals surface area contributed by atoms with Crippen LogP contribution in [0.25, 0.3) is 0 Å². The van der Waals surface area contributed by atoms with E-state index < -0.39 is 17.7 Å². The standard InChI is InChI=1S/C17H16ClFN4O2.C6H4ClNO2/c18-14-8-7-13(19)15(23-14)16(24)21-11-4-1-10(2-5-11)3-6-12-9-25-17(20)22-12;7-4-1-2-8-5(3-4)6(9)10/h1-2,4-5,7-8,12H,3,6,9H2,(H2,20,22)(H,21,24);1-3H,(H,9,10)/t12-;/m0./s1. The Morgan fingerprint density at radius 2 is 1.91 bits per heavy atom. The number of amidine groups is 1. The van der Waals surface area contributed by atoms with Crippen LogP contribution in [0.2, 0.25) is 10.2 Å². The number of hydrogen-bond acceptors (Lipinski definition) is 7. The number of aryl methyl sites for hydroxylation is 1. The van der Waals surface area contributed by atoms with Crippen LogP contribution in [-0.2, 0) is 11.2 Å². The predicted molar refractivity (Wildman–Crippen MR) is 129 cm³/mol. The van der Waals surface area contributed by atoms with Crippen LogP contribution in [0.1, 0.15) is 33.0 Å². The van der Waals surface area contributed by atoms with Crippen LogP contribution in [0.3, 0.4) is 0 Å². The summed E-state index contributed by atoms with van der Waals surface area (Å²) in [5, 5.41) is 11.4. The van der Waals surface area contributed by atoms with E-state index >= 15 is 0 Å². The number of benzene rings is 1. The minimum Gasteiger partial charge on any atom is -0.477 e. The summed E-state index contributed by atoms with van der Waals surface area (Å²) >= 11 is 11.2. The lowest BCUT2D eigenvalue weighted by molar-refractivity contribution is 0.0690. The van der Waals surface area contributed by atoms with Gasteiger partial charge >= 0.3 is 5.97 Å². The third kappa shape index (κ3) is 7.90. The highest BCUT2D eigenvalue weighted by molar-refractivity contribution is 6.30. The molecule has 0 saturated heterocycles. The molecule has 3 aromatic rings. The summed E-state index contributed by atoms with van der Waals surface area (Å²) in [6.07, 6.45) is 2.99. The van der Waals surface area contributed by atoms with Gasteiger partial charge in [0.2, 0.25) is 0 Å². The Kier molecular flexibility index (Phi) is 8.93. The van der Waals surface area contributed by atoms with Crippen molar-refractivity contribution in [1.29, 1.82) is 0 Å². The van der Waals surface area contributed by atoms with E-state index in [-0.39, 0.29) is 28.6 Å². The Balaban J connectivity index is 0.000000287. The first kappa shape index (κ1) is 25.9. The lowest BCUT2D eigenvalue weighted by Gasteiger charge is -2.08. The predicted octanol–water partition coefficient (Wildman–Crippen LogP) is 4.21. The zero-order chi connectivity index (χ0) is 25.4. The fourth-order valence-corrected chi connectivity index (χ4v) is 3.27. The van der Waals surface area contributed by atoms with Crippen molar-refractivity contribution in [3.63, 3.8) is 0 Å². The van der Waals surface area contributed by atoms with E-state index in [2.05, 4.69) is 20.3 Å². The van der Waals surface area contributed by atoms with Crippen LogP contribution in [-0.4, -0.2) is 45.6 Å². The van der Waals surface area contributed by atoms with Crippen LogP contribution in [0.4, 0.5) is 10.1 Å². The monoisotopic (exact) mass is 519 g/mol. The largest absolute Gasteiger partial charge is 0.477 e. The van der Waals surface area contributed by atoms with Crippen molar-refractivity contribution in [2.24, 2.45) is 10.7 Å². The molecule has 1 amide bonds. The number of halogens is 3. The number of hydrogen-bond donors (Lipinski definition) is 3. The lowest BCUT2D eigenvalue weighted by atomic mass is 10.1. The molecule has 3 heterocycles. The van der Waals surface area contributed by atoms with E-state index in [1.807, 2.05) is 12.1 Å². The van der Waals surface area contributed by atoms with Gasteiger partial charge in [-0.25, -0.2) is 24.1 Å². The number of carbonyl (C=O) groups excluding carboxylic acids is 1. The van der Waals surface area contributed by atoms with Crippen molar-refractivity contribution in [2.45, 2.75) is 18.9 Å². The number of carboxylic acid groups (broad SMARTS) is 1. The van der Waals surface area contributed by atoms with Crippen LogP contribution < -0.4 is 11.1 Å². The van der Waals surface area contributed by atoms with E-state index in [1.54, 1.807) is 12.1 Å². The number of carbonyl (C=O) groups is 2. The Morgan fingerprint density at radius 3 is 2.51 bits per heavy atom. The number of nitrogens with one attached hydrogen (secondary N) is 1. The van der Waals surface area contributed by atoms with E-state index in [1.165, 1.54) is 24.4 Å². The topological polar surface area (TPSA) is 140 Å². The number of aromatic carboxylic acids is 1. The number of ether oxygens (including phenoxy) is 1. The number of carboxylic acids is 1. The second-order valence-corrected chi connectivity index (χ2v) is 8.07. The Morgan fingerprint density at radius 1 is 1.17 bits per heavy atom. The second-order valence-electron chi connectivity index (χ2n) is 7.25. The molecular weight excluding hydrogens is 500 g/mol. The van der Waals surface area contributed by atoms with Gasteiger partial charge in [-0.1, -0.05) is 35.3 Å². The lowest BCUT2D eigenvalue weighted by Crippen LogP contribution is -2.15. The van der Waals surface area contributed by atoms with Gasteiger partial charge in [0.15, 0.2) is 11.5 Å². The molecule has 1 aliphatic rings. The Bertz CT molecular complexity index is 1240. The summed E-state index contributed by atoms with van der Waals surface area (Å²) in [6.45, 7) is 0.512. The van der Waals surface area contributed by atoms with E-state index in [0.29, 0.717) is 17.3 Å². The first-order valence-electron chi connectivity index (χ1n) is 10.2. The quantitative estimate of drug-likeness (QED) is 0.414. The SMILES string of the molecule is NC1=N[C@@H](CCc2ccc(NC(=O)c3nc(Cl)ccc3F)cc2)CO1.O=C(O)c1cc(Cl)ccn1. The maximum Gasteiger partial charge on any atom is 0.354 e. The fourth-order valence-electron chi connectivity index (χ4n) is 2.96. The van der Waals surface area contributed by atoms with Crippen molar-refractivity contribution < 1.29 is 23.8 Å². The number of nitrogens with two attached hydrogens (primary N) is 1. The molecule has 0 fully saturated rings. The zero-order valence-electron chi connectivity index (χ0n) is 18.1. The Hall–Kier alpha value is -3.76. The Labute approximate surface area is 209 Å². The van der Waals surface area contributed by atoms with Crippen molar-refractivity contribution in [3.8, 4) is 0 Å². The maximum absolute atomic E-state index is 13.7. The van der Waals surface area contributed by atoms with E-state index in [0.717, 1.165) is 24.5 Å². The summed E-state index contributed by atoms with van der Waals surface area (Å²) in [6, 6.07) is 12.8. The molecule has 4 N–H and O–H groups in total. The highest BCUT2D eigenvalue weighted by Crippen LogP contribution is 2.16. The summed E-state index contributed by atoms with van der Waals surface area (Å²) in [4.78, 5) is 33.8. The fraction of sp³-hybridized carbons (Fsp3) is 0.174. The molecule has 0 saturated carbocycles. The number of aromatic nitrogens is 2. The zero-order valence-corrected chi connectivity index (χ0v) is 19.6. The number of aliphatic imine (C=N–C) groups is 1. The molecule has 182 valence electrons. The first-order chi connectivity index (χ1) is 16.7. The van der Waals surface area contributed by atoms with Gasteiger partial charge in [0.1, 0.15) is 17.5 Å². The highest BCUT2D eigenvalue weighted by Gasteiger charge is 2.17. The molecule has 35 heavy (non-hydrogen) atoms. The van der Waals surface area contributed by atoms with Gasteiger partial charge in [-0.05, 0) is 54.8 Å². The van der Waals surface area contributed by atoms with Crippen molar-refractivity contribution in [3.05, 3.63) is 87.7 Å². The summed E-state index contributed by atoms with van der Waals surface area (Å²) in [7, 11) is 0. The normalized spacial score (nSPS) is 14.3. The molecule has 4 rings (SSSR count). The van der Waals surface area contributed by atoms with Crippen molar-refractivity contribution >= 4 is 46.8 Å². The number of amides is 1. The van der Waals surface area contributed by atoms with Gasteiger partial charge in [0.25, 0.3) is 11.9 Å². The molecule has 0 radical (unpaired) electrons. The van der Waals surface area contributed by atoms with Crippen molar-refractivity contribution in [1.82, 2.24) is 9.97 Å². The summed E-state index contributed by atoms with van der Waals surface area (Å²) in [5.41, 5.74) is 6.73. The number of anilines is 1. The summed E-state index contributed by atoms with van der Waals surface area (Å²) in [5.74, 6) is -2.44. The molecule has 0 aliphatic carbocycles. The van der Waals surface area contributed by atoms with Crippen molar-refractivity contribution in [2.75, 3.05) is 11.9 Å². The molecule has 1 atom stereocenters.